The van der Waals surface area contributed by atoms with E-state index in [4.69, 9.17) is 0 Å². The topological polar surface area (TPSA) is 49.7 Å². The van der Waals surface area contributed by atoms with Crippen LogP contribution >= 0.6 is 0 Å². The van der Waals surface area contributed by atoms with Crippen LogP contribution in [0.15, 0.2) is 36.8 Å². The van der Waals surface area contributed by atoms with Crippen molar-refractivity contribution in [3.05, 3.63) is 59.3 Å². The summed E-state index contributed by atoms with van der Waals surface area (Å²) in [7, 11) is 2.09. The van der Waals surface area contributed by atoms with E-state index >= 15 is 0 Å². The molecular weight excluding hydrogens is 322 g/mol. The molecule has 1 fully saturated rings. The molecule has 136 valence electrons. The highest BCUT2D eigenvalue weighted by Crippen LogP contribution is 2.30. The number of nitrogens with zero attached hydrogens (tertiary/aromatic N) is 4. The van der Waals surface area contributed by atoms with Crippen LogP contribution in [0.25, 0.3) is 11.3 Å². The number of rotatable bonds is 4. The highest BCUT2D eigenvalue weighted by Gasteiger charge is 2.25. The number of H-pyrrole nitrogens is 1. The van der Waals surface area contributed by atoms with Crippen molar-refractivity contribution in [2.45, 2.75) is 39.2 Å². The number of aryl methyl sites for hydroxylation is 3. The van der Waals surface area contributed by atoms with Gasteiger partial charge in [-0.1, -0.05) is 17.7 Å². The maximum atomic E-state index is 4.58. The average Bonchev–Trinajstić information content (AvgIpc) is 3.26. The summed E-state index contributed by atoms with van der Waals surface area (Å²) >= 11 is 0. The lowest BCUT2D eigenvalue weighted by Gasteiger charge is -2.32. The molecule has 1 aromatic carbocycles. The second-order valence-corrected chi connectivity index (χ2v) is 7.56. The van der Waals surface area contributed by atoms with Gasteiger partial charge in [0.1, 0.15) is 5.82 Å². The Hall–Kier alpha value is -2.40. The van der Waals surface area contributed by atoms with Crippen LogP contribution in [0.1, 0.15) is 41.3 Å². The third-order valence-corrected chi connectivity index (χ3v) is 5.50. The lowest BCUT2D eigenvalue weighted by Crippen LogP contribution is -2.34. The van der Waals surface area contributed by atoms with Crippen LogP contribution in [-0.4, -0.2) is 37.7 Å². The highest BCUT2D eigenvalue weighted by atomic mass is 15.2. The van der Waals surface area contributed by atoms with E-state index in [-0.39, 0.29) is 0 Å². The number of hydrogen-bond donors (Lipinski definition) is 1. The molecule has 4 rings (SSSR count). The quantitative estimate of drug-likeness (QED) is 0.779. The lowest BCUT2D eigenvalue weighted by atomic mass is 9.96. The normalized spacial score (nSPS) is 18.3. The van der Waals surface area contributed by atoms with Gasteiger partial charge in [0.15, 0.2) is 0 Å². The molecule has 1 N–H and O–H groups in total. The van der Waals surface area contributed by atoms with Crippen LogP contribution in [0, 0.1) is 13.8 Å². The molecule has 0 unspecified atom stereocenters. The average molecular weight is 349 g/mol. The molecule has 1 aliphatic heterocycles. The Morgan fingerprint density at radius 1 is 1.27 bits per heavy atom. The van der Waals surface area contributed by atoms with Crippen LogP contribution < -0.4 is 0 Å². The van der Waals surface area contributed by atoms with Crippen molar-refractivity contribution in [1.29, 1.82) is 0 Å². The molecule has 26 heavy (non-hydrogen) atoms. The van der Waals surface area contributed by atoms with Gasteiger partial charge in [-0.15, -0.1) is 0 Å². The molecule has 0 aliphatic carbocycles. The molecule has 3 heterocycles. The minimum Gasteiger partial charge on any atom is -0.338 e. The first-order valence-electron chi connectivity index (χ1n) is 9.41. The van der Waals surface area contributed by atoms with Crippen LogP contribution in [0.5, 0.6) is 0 Å². The van der Waals surface area contributed by atoms with Gasteiger partial charge in [0.25, 0.3) is 0 Å². The first-order chi connectivity index (χ1) is 12.6. The zero-order valence-corrected chi connectivity index (χ0v) is 15.9. The molecule has 0 saturated carbocycles. The van der Waals surface area contributed by atoms with Gasteiger partial charge in [-0.3, -0.25) is 10.00 Å². The predicted octanol–water partition coefficient (Wildman–Crippen LogP) is 3.81. The molecule has 0 amide bonds. The van der Waals surface area contributed by atoms with E-state index < -0.39 is 0 Å². The Morgan fingerprint density at radius 3 is 2.96 bits per heavy atom. The summed E-state index contributed by atoms with van der Waals surface area (Å²) in [6, 6.07) is 6.60. The first-order valence-corrected chi connectivity index (χ1v) is 9.41. The molecule has 1 atom stereocenters. The molecule has 3 aromatic rings. The van der Waals surface area contributed by atoms with Gasteiger partial charge in [0, 0.05) is 49.6 Å². The van der Waals surface area contributed by atoms with Crippen LogP contribution in [0.3, 0.4) is 0 Å². The number of aromatic amines is 1. The Balaban J connectivity index is 1.54. The Bertz CT molecular complexity index is 891. The Kier molecular flexibility index (Phi) is 4.64. The molecule has 5 nitrogen and oxygen atoms in total. The van der Waals surface area contributed by atoms with Gasteiger partial charge in [-0.05, 0) is 44.9 Å². The lowest BCUT2D eigenvalue weighted by molar-refractivity contribution is 0.195. The fraction of sp³-hybridized carbons (Fsp3) is 0.429. The summed E-state index contributed by atoms with van der Waals surface area (Å²) in [6.07, 6.45) is 8.37. The summed E-state index contributed by atoms with van der Waals surface area (Å²) in [5.74, 6) is 1.72. The summed E-state index contributed by atoms with van der Waals surface area (Å²) in [5, 5.41) is 7.58. The maximum absolute atomic E-state index is 4.58. The first kappa shape index (κ1) is 17.0. The second-order valence-electron chi connectivity index (χ2n) is 7.56. The number of likely N-dealkylation sites (tertiary alicyclic amines) is 1. The van der Waals surface area contributed by atoms with Crippen molar-refractivity contribution in [3.63, 3.8) is 0 Å². The van der Waals surface area contributed by atoms with E-state index in [9.17, 15) is 0 Å². The van der Waals surface area contributed by atoms with Crippen molar-refractivity contribution >= 4 is 0 Å². The minimum absolute atomic E-state index is 0.514. The fourth-order valence-electron chi connectivity index (χ4n) is 4.09. The number of benzene rings is 1. The van der Waals surface area contributed by atoms with E-state index in [1.165, 1.54) is 40.9 Å². The second kappa shape index (κ2) is 7.08. The molecular formula is C21H27N5. The van der Waals surface area contributed by atoms with Crippen LogP contribution in [0.4, 0.5) is 0 Å². The van der Waals surface area contributed by atoms with Crippen LogP contribution in [-0.2, 0) is 13.6 Å². The number of imidazole rings is 1. The minimum atomic E-state index is 0.514. The van der Waals surface area contributed by atoms with Crippen molar-refractivity contribution in [2.75, 3.05) is 13.1 Å². The standard InChI is InChI=1S/C21H27N5/c1-15-6-7-16(2)19(11-15)20-18(12-23-24-20)14-26-9-4-5-17(13-26)21-22-8-10-25(21)3/h6-8,10-12,17H,4-5,9,13-14H2,1-3H3,(H,23,24)/t17-/m1/s1. The SMILES string of the molecule is Cc1ccc(C)c(-c2[nH]ncc2CN2CCC[C@@H](c3nccn3C)C2)c1. The van der Waals surface area contributed by atoms with E-state index in [0.717, 1.165) is 25.3 Å². The third-order valence-electron chi connectivity index (χ3n) is 5.50. The fourth-order valence-corrected chi connectivity index (χ4v) is 4.09. The largest absolute Gasteiger partial charge is 0.338 e. The third kappa shape index (κ3) is 3.31. The molecule has 0 bridgehead atoms. The van der Waals surface area contributed by atoms with Crippen molar-refractivity contribution in [1.82, 2.24) is 24.6 Å². The maximum Gasteiger partial charge on any atom is 0.112 e. The van der Waals surface area contributed by atoms with Gasteiger partial charge in [0.2, 0.25) is 0 Å². The molecule has 0 radical (unpaired) electrons. The van der Waals surface area contributed by atoms with E-state index in [0.29, 0.717) is 5.92 Å². The zero-order valence-electron chi connectivity index (χ0n) is 15.9. The van der Waals surface area contributed by atoms with Crippen molar-refractivity contribution < 1.29 is 0 Å². The van der Waals surface area contributed by atoms with Gasteiger partial charge in [-0.25, -0.2) is 4.98 Å². The smallest absolute Gasteiger partial charge is 0.112 e. The number of aromatic nitrogens is 4. The van der Waals surface area contributed by atoms with E-state index in [2.05, 4.69) is 63.7 Å². The summed E-state index contributed by atoms with van der Waals surface area (Å²) < 4.78 is 2.16. The van der Waals surface area contributed by atoms with Gasteiger partial charge < -0.3 is 4.57 Å². The Morgan fingerprint density at radius 2 is 2.15 bits per heavy atom. The van der Waals surface area contributed by atoms with Gasteiger partial charge >= 0.3 is 0 Å². The highest BCUT2D eigenvalue weighted by molar-refractivity contribution is 5.67. The number of piperidine rings is 1. The van der Waals surface area contributed by atoms with Gasteiger partial charge in [0.05, 0.1) is 11.9 Å². The molecule has 2 aromatic heterocycles. The molecule has 1 aliphatic rings. The summed E-state index contributed by atoms with van der Waals surface area (Å²) in [5.41, 5.74) is 6.25. The van der Waals surface area contributed by atoms with Crippen molar-refractivity contribution in [3.8, 4) is 11.3 Å². The molecule has 5 heteroatoms. The van der Waals surface area contributed by atoms with E-state index in [1.54, 1.807) is 0 Å². The predicted molar refractivity (Wildman–Crippen MR) is 104 cm³/mol. The summed E-state index contributed by atoms with van der Waals surface area (Å²) in [4.78, 5) is 7.12. The van der Waals surface area contributed by atoms with Crippen molar-refractivity contribution in [2.24, 2.45) is 7.05 Å². The zero-order chi connectivity index (χ0) is 18.1. The van der Waals surface area contributed by atoms with Crippen LogP contribution in [0.2, 0.25) is 0 Å². The number of hydrogen-bond acceptors (Lipinski definition) is 3. The Labute approximate surface area is 155 Å². The van der Waals surface area contributed by atoms with Gasteiger partial charge in [-0.2, -0.15) is 5.10 Å². The molecule has 0 spiro atoms. The molecule has 1 saturated heterocycles. The summed E-state index contributed by atoms with van der Waals surface area (Å²) in [6.45, 7) is 7.43. The monoisotopic (exact) mass is 349 g/mol. The number of nitrogens with one attached hydrogen (secondary N) is 1. The van der Waals surface area contributed by atoms with E-state index in [1.807, 2.05) is 18.6 Å².